The number of nitrogens with zero attached hydrogens (tertiary/aromatic N) is 3. The molecule has 0 saturated carbocycles. The zero-order valence-electron chi connectivity index (χ0n) is 12.3. The van der Waals surface area contributed by atoms with Gasteiger partial charge in [0.2, 0.25) is 11.8 Å². The minimum absolute atomic E-state index is 0.212. The number of aliphatic hydroxyl groups excluding tert-OH is 1. The Balaban J connectivity index is 2.16. The van der Waals surface area contributed by atoms with Crippen LogP contribution in [-0.2, 0) is 11.2 Å². The number of rotatable bonds is 2. The summed E-state index contributed by atoms with van der Waals surface area (Å²) in [7, 11) is 0. The number of aryl methyl sites for hydroxylation is 1. The van der Waals surface area contributed by atoms with Gasteiger partial charge in [-0.15, -0.1) is 10.2 Å². The van der Waals surface area contributed by atoms with Gasteiger partial charge in [-0.1, -0.05) is 6.92 Å². The Hall–Kier alpha value is -1.63. The van der Waals surface area contributed by atoms with Crippen LogP contribution >= 0.6 is 0 Å². The normalized spacial score (nSPS) is 23.1. The summed E-state index contributed by atoms with van der Waals surface area (Å²) in [5, 5.41) is 17.7. The van der Waals surface area contributed by atoms with Crippen LogP contribution in [0.4, 0.5) is 4.79 Å². The third-order valence-corrected chi connectivity index (χ3v) is 2.98. The van der Waals surface area contributed by atoms with Crippen molar-refractivity contribution in [2.45, 2.75) is 58.3 Å². The lowest BCUT2D eigenvalue weighted by Gasteiger charge is -2.26. The lowest BCUT2D eigenvalue weighted by molar-refractivity contribution is 0.0187. The lowest BCUT2D eigenvalue weighted by Crippen LogP contribution is -2.37. The summed E-state index contributed by atoms with van der Waals surface area (Å²) in [6.07, 6.45) is -0.0703. The van der Waals surface area contributed by atoms with Crippen molar-refractivity contribution in [2.24, 2.45) is 0 Å². The number of aromatic nitrogens is 2. The van der Waals surface area contributed by atoms with Crippen LogP contribution in [0.5, 0.6) is 0 Å². The molecule has 0 spiro atoms. The van der Waals surface area contributed by atoms with Gasteiger partial charge in [-0.3, -0.25) is 4.90 Å². The van der Waals surface area contributed by atoms with Gasteiger partial charge < -0.3 is 14.3 Å². The average molecular weight is 283 g/mol. The van der Waals surface area contributed by atoms with Crippen molar-refractivity contribution in [3.8, 4) is 0 Å². The zero-order chi connectivity index (χ0) is 14.9. The molecule has 1 fully saturated rings. The second kappa shape index (κ2) is 5.40. The van der Waals surface area contributed by atoms with Gasteiger partial charge in [0, 0.05) is 12.8 Å². The molecule has 0 radical (unpaired) electrons. The molecule has 1 aromatic rings. The molecule has 1 aliphatic rings. The van der Waals surface area contributed by atoms with Crippen LogP contribution in [0.3, 0.4) is 0 Å². The van der Waals surface area contributed by atoms with Gasteiger partial charge in [-0.25, -0.2) is 4.79 Å². The smallest absolute Gasteiger partial charge is 0.411 e. The van der Waals surface area contributed by atoms with Gasteiger partial charge in [0.05, 0.1) is 12.6 Å². The summed E-state index contributed by atoms with van der Waals surface area (Å²) >= 11 is 0. The number of aliphatic hydroxyl groups is 1. The van der Waals surface area contributed by atoms with E-state index in [4.69, 9.17) is 9.15 Å². The number of carbonyl (C=O) groups is 1. The number of likely N-dealkylation sites (tertiary alicyclic amines) is 1. The molecule has 2 heterocycles. The number of hydrogen-bond acceptors (Lipinski definition) is 6. The topological polar surface area (TPSA) is 88.7 Å². The number of β-amino-alcohol motifs (C(OH)–C–C–N with tert-alkyl or cyclic N) is 1. The van der Waals surface area contributed by atoms with Crippen LogP contribution in [0, 0.1) is 0 Å². The van der Waals surface area contributed by atoms with Crippen LogP contribution in [-0.4, -0.2) is 44.5 Å². The van der Waals surface area contributed by atoms with E-state index in [0.717, 1.165) is 0 Å². The van der Waals surface area contributed by atoms with Crippen molar-refractivity contribution >= 4 is 6.09 Å². The third kappa shape index (κ3) is 3.27. The molecule has 1 saturated heterocycles. The van der Waals surface area contributed by atoms with Crippen molar-refractivity contribution in [1.29, 1.82) is 0 Å². The van der Waals surface area contributed by atoms with Crippen molar-refractivity contribution in [1.82, 2.24) is 15.1 Å². The van der Waals surface area contributed by atoms with E-state index in [-0.39, 0.29) is 6.54 Å². The first-order valence-electron chi connectivity index (χ1n) is 6.80. The lowest BCUT2D eigenvalue weighted by atomic mass is 10.2. The van der Waals surface area contributed by atoms with Crippen molar-refractivity contribution in [2.75, 3.05) is 6.54 Å². The fraction of sp³-hybridized carbons (Fsp3) is 0.769. The molecule has 7 heteroatoms. The summed E-state index contributed by atoms with van der Waals surface area (Å²) in [6.45, 7) is 7.52. The largest absolute Gasteiger partial charge is 0.444 e. The molecule has 1 amide bonds. The summed E-state index contributed by atoms with van der Waals surface area (Å²) in [5.74, 6) is 0.870. The number of carbonyl (C=O) groups excluding carboxylic acids is 1. The van der Waals surface area contributed by atoms with E-state index in [1.54, 1.807) is 20.8 Å². The highest BCUT2D eigenvalue weighted by molar-refractivity contribution is 5.69. The maximum Gasteiger partial charge on any atom is 0.411 e. The van der Waals surface area contributed by atoms with E-state index < -0.39 is 23.8 Å². The maximum absolute atomic E-state index is 12.2. The highest BCUT2D eigenvalue weighted by Crippen LogP contribution is 2.32. The molecule has 1 aliphatic heterocycles. The van der Waals surface area contributed by atoms with Gasteiger partial charge in [-0.05, 0) is 20.8 Å². The minimum Gasteiger partial charge on any atom is -0.444 e. The molecule has 112 valence electrons. The first-order valence-corrected chi connectivity index (χ1v) is 6.80. The number of amides is 1. The van der Waals surface area contributed by atoms with Gasteiger partial charge >= 0.3 is 6.09 Å². The minimum atomic E-state index is -0.607. The van der Waals surface area contributed by atoms with E-state index in [1.165, 1.54) is 4.90 Å². The molecule has 0 aromatic carbocycles. The van der Waals surface area contributed by atoms with Gasteiger partial charge in [0.25, 0.3) is 0 Å². The molecule has 0 aliphatic carbocycles. The number of hydrogen-bond donors (Lipinski definition) is 1. The molecule has 1 aromatic heterocycles. The van der Waals surface area contributed by atoms with Crippen LogP contribution in [0.2, 0.25) is 0 Å². The molecule has 20 heavy (non-hydrogen) atoms. The highest BCUT2D eigenvalue weighted by Gasteiger charge is 2.40. The third-order valence-electron chi connectivity index (χ3n) is 2.98. The van der Waals surface area contributed by atoms with Crippen molar-refractivity contribution < 1.29 is 19.1 Å². The fourth-order valence-electron chi connectivity index (χ4n) is 2.11. The second-order valence-electron chi connectivity index (χ2n) is 5.93. The zero-order valence-corrected chi connectivity index (χ0v) is 12.3. The van der Waals surface area contributed by atoms with Crippen molar-refractivity contribution in [3.05, 3.63) is 11.8 Å². The summed E-state index contributed by atoms with van der Waals surface area (Å²) in [5.41, 5.74) is -0.585. The molecule has 2 rings (SSSR count). The van der Waals surface area contributed by atoms with E-state index in [2.05, 4.69) is 10.2 Å². The number of ether oxygens (including phenoxy) is 1. The Kier molecular flexibility index (Phi) is 3.99. The summed E-state index contributed by atoms with van der Waals surface area (Å²) < 4.78 is 10.8. The van der Waals surface area contributed by atoms with Crippen LogP contribution in [0.1, 0.15) is 51.9 Å². The first kappa shape index (κ1) is 14.8. The second-order valence-corrected chi connectivity index (χ2v) is 5.93. The summed E-state index contributed by atoms with van der Waals surface area (Å²) in [6, 6.07) is -0.423. The Morgan fingerprint density at radius 2 is 2.20 bits per heavy atom. The Morgan fingerprint density at radius 1 is 1.50 bits per heavy atom. The highest BCUT2D eigenvalue weighted by atomic mass is 16.6. The molecular formula is C13H21N3O4. The van der Waals surface area contributed by atoms with E-state index in [0.29, 0.717) is 24.6 Å². The molecule has 7 nitrogen and oxygen atoms in total. The van der Waals surface area contributed by atoms with Gasteiger partial charge in [0.15, 0.2) is 0 Å². The Morgan fingerprint density at radius 3 is 2.75 bits per heavy atom. The van der Waals surface area contributed by atoms with Gasteiger partial charge in [0.1, 0.15) is 11.6 Å². The maximum atomic E-state index is 12.2. The molecule has 0 bridgehead atoms. The fourth-order valence-corrected chi connectivity index (χ4v) is 2.11. The quantitative estimate of drug-likeness (QED) is 0.888. The van der Waals surface area contributed by atoms with E-state index in [9.17, 15) is 9.90 Å². The molecular weight excluding hydrogens is 262 g/mol. The van der Waals surface area contributed by atoms with Crippen molar-refractivity contribution in [3.63, 3.8) is 0 Å². The monoisotopic (exact) mass is 283 g/mol. The van der Waals surface area contributed by atoms with Crippen LogP contribution < -0.4 is 0 Å². The van der Waals surface area contributed by atoms with E-state index in [1.807, 2.05) is 6.92 Å². The van der Waals surface area contributed by atoms with Gasteiger partial charge in [-0.2, -0.15) is 0 Å². The molecule has 2 atom stereocenters. The standard InChI is InChI=1S/C13H21N3O4/c1-5-10-14-15-11(19-10)9-6-8(17)7-16(9)12(18)20-13(2,3)4/h8-9,17H,5-7H2,1-4H3/t8-,9-/m1/s1. The first-order chi connectivity index (χ1) is 9.30. The Labute approximate surface area is 117 Å². The van der Waals surface area contributed by atoms with Crippen LogP contribution in [0.15, 0.2) is 4.42 Å². The predicted molar refractivity (Wildman–Crippen MR) is 70.0 cm³/mol. The summed E-state index contributed by atoms with van der Waals surface area (Å²) in [4.78, 5) is 13.6. The SMILES string of the molecule is CCc1nnc([C@H]2C[C@@H](O)CN2C(=O)OC(C)(C)C)o1. The molecule has 0 unspecified atom stereocenters. The van der Waals surface area contributed by atoms with Crippen LogP contribution in [0.25, 0.3) is 0 Å². The van der Waals surface area contributed by atoms with E-state index >= 15 is 0 Å². The molecule has 1 N–H and O–H groups in total. The predicted octanol–water partition coefficient (Wildman–Crippen LogP) is 1.67. The Bertz CT molecular complexity index is 480. The average Bonchev–Trinajstić information content (AvgIpc) is 2.92.